The highest BCUT2D eigenvalue weighted by atomic mass is 35.5. The van der Waals surface area contributed by atoms with Crippen LogP contribution in [0.3, 0.4) is 0 Å². The molecular formula is C24H21Cl2N3O3. The SMILES string of the molecule is CCc1ccc2c(c1)C1(C(=O)N2)C2C(=O)N(c3cc(Cl)cc(Cl)c3)C(=O)C2C2CCCN21. The van der Waals surface area contributed by atoms with Gasteiger partial charge < -0.3 is 5.32 Å². The van der Waals surface area contributed by atoms with Crippen LogP contribution in [-0.2, 0) is 26.3 Å². The first kappa shape index (κ1) is 20.2. The van der Waals surface area contributed by atoms with Crippen LogP contribution in [0.15, 0.2) is 36.4 Å². The van der Waals surface area contributed by atoms with Crippen LogP contribution in [0, 0.1) is 11.8 Å². The number of benzene rings is 2. The molecule has 6 rings (SSSR count). The summed E-state index contributed by atoms with van der Waals surface area (Å²) >= 11 is 12.3. The van der Waals surface area contributed by atoms with Crippen LogP contribution in [0.4, 0.5) is 11.4 Å². The number of aryl methyl sites for hydroxylation is 1. The van der Waals surface area contributed by atoms with E-state index < -0.39 is 17.4 Å². The number of anilines is 2. The van der Waals surface area contributed by atoms with Crippen LogP contribution >= 0.6 is 23.2 Å². The van der Waals surface area contributed by atoms with E-state index in [2.05, 4.69) is 17.1 Å². The molecule has 3 fully saturated rings. The number of amides is 3. The molecule has 0 radical (unpaired) electrons. The van der Waals surface area contributed by atoms with Crippen molar-refractivity contribution >= 4 is 52.3 Å². The Labute approximate surface area is 195 Å². The van der Waals surface area contributed by atoms with Gasteiger partial charge in [0.25, 0.3) is 0 Å². The number of hydrogen-bond donors (Lipinski definition) is 1. The lowest BCUT2D eigenvalue weighted by molar-refractivity contribution is -0.135. The van der Waals surface area contributed by atoms with Gasteiger partial charge in [-0.1, -0.05) is 42.3 Å². The molecule has 0 bridgehead atoms. The first-order chi connectivity index (χ1) is 15.4. The van der Waals surface area contributed by atoms with Gasteiger partial charge in [0.05, 0.1) is 17.5 Å². The number of fused-ring (bicyclic) bond motifs is 7. The fraction of sp³-hybridized carbons (Fsp3) is 0.375. The van der Waals surface area contributed by atoms with Gasteiger partial charge in [-0.15, -0.1) is 0 Å². The van der Waals surface area contributed by atoms with Gasteiger partial charge in [0.2, 0.25) is 17.7 Å². The zero-order valence-corrected chi connectivity index (χ0v) is 18.9. The Hall–Kier alpha value is -2.41. The summed E-state index contributed by atoms with van der Waals surface area (Å²) in [5, 5.41) is 3.70. The van der Waals surface area contributed by atoms with Gasteiger partial charge in [-0.05, 0) is 55.6 Å². The molecule has 1 spiro atoms. The van der Waals surface area contributed by atoms with Crippen LogP contribution in [0.2, 0.25) is 10.0 Å². The van der Waals surface area contributed by atoms with Crippen molar-refractivity contribution in [1.82, 2.24) is 4.90 Å². The van der Waals surface area contributed by atoms with Crippen molar-refractivity contribution in [2.75, 3.05) is 16.8 Å². The molecule has 0 aliphatic carbocycles. The quantitative estimate of drug-likeness (QED) is 0.675. The van der Waals surface area contributed by atoms with Crippen LogP contribution in [0.25, 0.3) is 0 Å². The van der Waals surface area contributed by atoms with Gasteiger partial charge in [-0.2, -0.15) is 0 Å². The minimum absolute atomic E-state index is 0.155. The zero-order valence-electron chi connectivity index (χ0n) is 17.4. The van der Waals surface area contributed by atoms with Crippen molar-refractivity contribution in [3.8, 4) is 0 Å². The number of nitrogens with one attached hydrogen (secondary N) is 1. The molecule has 6 nitrogen and oxygen atoms in total. The van der Waals surface area contributed by atoms with Gasteiger partial charge in [-0.25, -0.2) is 4.90 Å². The lowest BCUT2D eigenvalue weighted by atomic mass is 9.75. The third-order valence-corrected chi connectivity index (χ3v) is 8.01. The van der Waals surface area contributed by atoms with E-state index in [-0.39, 0.29) is 23.8 Å². The molecule has 2 aromatic carbocycles. The number of halogens is 2. The van der Waals surface area contributed by atoms with E-state index in [4.69, 9.17) is 23.2 Å². The van der Waals surface area contributed by atoms with E-state index in [1.807, 2.05) is 18.2 Å². The maximum atomic E-state index is 13.9. The number of carbonyl (C=O) groups excluding carboxylic acids is 3. The Morgan fingerprint density at radius 1 is 1.06 bits per heavy atom. The third kappa shape index (κ3) is 2.38. The minimum atomic E-state index is -1.17. The molecule has 0 aromatic heterocycles. The third-order valence-electron chi connectivity index (χ3n) is 7.57. The van der Waals surface area contributed by atoms with Crippen molar-refractivity contribution in [2.24, 2.45) is 11.8 Å². The second-order valence-corrected chi connectivity index (χ2v) is 9.87. The number of imide groups is 1. The fourth-order valence-electron chi connectivity index (χ4n) is 6.39. The number of carbonyl (C=O) groups is 3. The summed E-state index contributed by atoms with van der Waals surface area (Å²) in [7, 11) is 0. The predicted octanol–water partition coefficient (Wildman–Crippen LogP) is 3.99. The molecule has 4 aliphatic rings. The number of nitrogens with zero attached hydrogens (tertiary/aromatic N) is 2. The van der Waals surface area contributed by atoms with Crippen LogP contribution < -0.4 is 10.2 Å². The topological polar surface area (TPSA) is 69.7 Å². The predicted molar refractivity (Wildman–Crippen MR) is 122 cm³/mol. The number of rotatable bonds is 2. The van der Waals surface area contributed by atoms with Crippen molar-refractivity contribution in [2.45, 2.75) is 37.8 Å². The zero-order chi connectivity index (χ0) is 22.4. The molecule has 3 amide bonds. The molecule has 8 heteroatoms. The summed E-state index contributed by atoms with van der Waals surface area (Å²) in [5.41, 5.74) is 1.81. The number of hydrogen-bond acceptors (Lipinski definition) is 4. The Kier molecular flexibility index (Phi) is 4.29. The van der Waals surface area contributed by atoms with E-state index in [1.54, 1.807) is 18.2 Å². The molecule has 4 unspecified atom stereocenters. The maximum absolute atomic E-state index is 13.9. The van der Waals surface area contributed by atoms with Gasteiger partial charge in [0, 0.05) is 27.3 Å². The van der Waals surface area contributed by atoms with E-state index in [1.165, 1.54) is 4.90 Å². The molecule has 4 atom stereocenters. The van der Waals surface area contributed by atoms with E-state index in [9.17, 15) is 14.4 Å². The summed E-state index contributed by atoms with van der Waals surface area (Å²) in [6.45, 7) is 2.74. The normalized spacial score (nSPS) is 30.8. The van der Waals surface area contributed by atoms with Crippen molar-refractivity contribution in [3.63, 3.8) is 0 Å². The lowest BCUT2D eigenvalue weighted by Crippen LogP contribution is -2.54. The molecule has 4 aliphatic heterocycles. The first-order valence-corrected chi connectivity index (χ1v) is 11.7. The highest BCUT2D eigenvalue weighted by Gasteiger charge is 2.74. The molecule has 3 saturated heterocycles. The molecular weight excluding hydrogens is 449 g/mol. The standard InChI is InChI=1S/C24H21Cl2N3O3/c1-2-12-5-6-17-16(8-12)24(23(32)27-17)20-19(18-4-3-7-28(18)24)21(30)29(22(20)31)15-10-13(25)9-14(26)11-15/h5-6,8-11,18-20H,2-4,7H2,1H3,(H,27,32). The molecule has 1 N–H and O–H groups in total. The van der Waals surface area contributed by atoms with E-state index >= 15 is 0 Å². The Bertz CT molecular complexity index is 1190. The smallest absolute Gasteiger partial charge is 0.250 e. The van der Waals surface area contributed by atoms with Crippen LogP contribution in [-0.4, -0.2) is 35.2 Å². The van der Waals surface area contributed by atoms with Crippen molar-refractivity contribution in [1.29, 1.82) is 0 Å². The maximum Gasteiger partial charge on any atom is 0.250 e. The summed E-state index contributed by atoms with van der Waals surface area (Å²) in [6, 6.07) is 10.5. The Balaban J connectivity index is 1.56. The van der Waals surface area contributed by atoms with Crippen LogP contribution in [0.1, 0.15) is 30.9 Å². The second-order valence-electron chi connectivity index (χ2n) is 9.00. The Morgan fingerprint density at radius 2 is 1.81 bits per heavy atom. The summed E-state index contributed by atoms with van der Waals surface area (Å²) in [5.74, 6) is -2.22. The largest absolute Gasteiger partial charge is 0.324 e. The molecule has 164 valence electrons. The molecule has 4 heterocycles. The summed E-state index contributed by atoms with van der Waals surface area (Å²) in [6.07, 6.45) is 2.48. The van der Waals surface area contributed by atoms with Gasteiger partial charge in [-0.3, -0.25) is 19.3 Å². The highest BCUT2D eigenvalue weighted by Crippen LogP contribution is 2.60. The highest BCUT2D eigenvalue weighted by molar-refractivity contribution is 6.36. The van der Waals surface area contributed by atoms with E-state index in [0.29, 0.717) is 22.3 Å². The molecule has 2 aromatic rings. The Morgan fingerprint density at radius 3 is 2.53 bits per heavy atom. The van der Waals surface area contributed by atoms with Gasteiger partial charge in [0.1, 0.15) is 5.54 Å². The second kappa shape index (κ2) is 6.80. The molecule has 32 heavy (non-hydrogen) atoms. The summed E-state index contributed by atoms with van der Waals surface area (Å²) < 4.78 is 0. The summed E-state index contributed by atoms with van der Waals surface area (Å²) in [4.78, 5) is 44.6. The van der Waals surface area contributed by atoms with Gasteiger partial charge >= 0.3 is 0 Å². The van der Waals surface area contributed by atoms with Crippen LogP contribution in [0.5, 0.6) is 0 Å². The minimum Gasteiger partial charge on any atom is -0.324 e. The average Bonchev–Trinajstić information content (AvgIpc) is 3.45. The van der Waals surface area contributed by atoms with Crippen molar-refractivity contribution < 1.29 is 14.4 Å². The van der Waals surface area contributed by atoms with Crippen molar-refractivity contribution in [3.05, 3.63) is 57.6 Å². The monoisotopic (exact) mass is 469 g/mol. The molecule has 0 saturated carbocycles. The van der Waals surface area contributed by atoms with E-state index in [0.717, 1.165) is 36.1 Å². The van der Waals surface area contributed by atoms with Gasteiger partial charge in [0.15, 0.2) is 0 Å². The first-order valence-electron chi connectivity index (χ1n) is 10.9. The average molecular weight is 470 g/mol. The fourth-order valence-corrected chi connectivity index (χ4v) is 6.91. The lowest BCUT2D eigenvalue weighted by Gasteiger charge is -2.36.